The third-order valence-electron chi connectivity index (χ3n) is 5.03. The lowest BCUT2D eigenvalue weighted by Gasteiger charge is -2.42. The third-order valence-corrected chi connectivity index (χ3v) is 5.03. The van der Waals surface area contributed by atoms with Gasteiger partial charge in [0.1, 0.15) is 0 Å². The number of nitrogens with one attached hydrogen (secondary N) is 1. The van der Waals surface area contributed by atoms with Crippen molar-refractivity contribution in [3.05, 3.63) is 35.5 Å². The summed E-state index contributed by atoms with van der Waals surface area (Å²) in [5.74, 6) is -0.118. The van der Waals surface area contributed by atoms with Crippen molar-refractivity contribution in [3.8, 4) is 0 Å². The van der Waals surface area contributed by atoms with Crippen LogP contribution in [0.15, 0.2) is 24.3 Å². The topological polar surface area (TPSA) is 45.3 Å². The molecule has 4 nitrogen and oxygen atoms in total. The van der Waals surface area contributed by atoms with Gasteiger partial charge in [-0.05, 0) is 37.4 Å². The Labute approximate surface area is 124 Å². The Morgan fingerprint density at radius 1 is 1.33 bits per heavy atom. The summed E-state index contributed by atoms with van der Waals surface area (Å²) < 4.78 is 5.05. The molecule has 0 radical (unpaired) electrons. The highest BCUT2D eigenvalue weighted by Crippen LogP contribution is 2.42. The molecule has 2 aliphatic rings. The van der Waals surface area contributed by atoms with Crippen LogP contribution in [0.2, 0.25) is 0 Å². The zero-order valence-corrected chi connectivity index (χ0v) is 12.3. The lowest BCUT2D eigenvalue weighted by Crippen LogP contribution is -2.45. The second kappa shape index (κ2) is 4.88. The van der Waals surface area contributed by atoms with Crippen LogP contribution in [0.5, 0.6) is 0 Å². The first-order valence-electron chi connectivity index (χ1n) is 7.71. The number of methoxy groups -OCH3 is 1. The van der Waals surface area contributed by atoms with Crippen molar-refractivity contribution in [2.24, 2.45) is 5.92 Å². The lowest BCUT2D eigenvalue weighted by atomic mass is 9.82. The molecular formula is C17H20N2O2. The average molecular weight is 284 g/mol. The quantitative estimate of drug-likeness (QED) is 0.819. The normalized spacial score (nSPS) is 25.4. The molecule has 0 saturated carbocycles. The molecule has 3 heterocycles. The number of ether oxygens (including phenoxy) is 1. The minimum Gasteiger partial charge on any atom is -0.469 e. The Hall–Kier alpha value is -1.81. The largest absolute Gasteiger partial charge is 0.469 e. The molecule has 2 atom stereocenters. The number of nitrogens with zero attached hydrogens (tertiary/aromatic N) is 1. The Kier molecular flexibility index (Phi) is 3.00. The van der Waals surface area contributed by atoms with Crippen LogP contribution in [0.3, 0.4) is 0 Å². The Balaban J connectivity index is 1.85. The number of rotatable bonds is 1. The second-order valence-electron chi connectivity index (χ2n) is 6.07. The van der Waals surface area contributed by atoms with Crippen molar-refractivity contribution >= 4 is 16.9 Å². The summed E-state index contributed by atoms with van der Waals surface area (Å²) in [6.45, 7) is 2.11. The van der Waals surface area contributed by atoms with Crippen molar-refractivity contribution in [1.29, 1.82) is 0 Å². The number of aromatic amines is 1. The summed E-state index contributed by atoms with van der Waals surface area (Å²) in [6.07, 6.45) is 3.05. The molecule has 0 amide bonds. The van der Waals surface area contributed by atoms with Gasteiger partial charge in [-0.25, -0.2) is 0 Å². The van der Waals surface area contributed by atoms with Crippen LogP contribution in [-0.2, 0) is 16.0 Å². The van der Waals surface area contributed by atoms with Gasteiger partial charge in [0, 0.05) is 23.1 Å². The van der Waals surface area contributed by atoms with Crippen molar-refractivity contribution < 1.29 is 9.53 Å². The van der Waals surface area contributed by atoms with E-state index < -0.39 is 0 Å². The van der Waals surface area contributed by atoms with E-state index in [1.54, 1.807) is 0 Å². The predicted molar refractivity (Wildman–Crippen MR) is 81.1 cm³/mol. The van der Waals surface area contributed by atoms with Gasteiger partial charge in [0.25, 0.3) is 0 Å². The van der Waals surface area contributed by atoms with Crippen molar-refractivity contribution in [1.82, 2.24) is 9.88 Å². The molecule has 4 rings (SSSR count). The molecule has 1 fully saturated rings. The molecule has 2 aliphatic heterocycles. The predicted octanol–water partition coefficient (Wildman–Crippen LogP) is 2.65. The summed E-state index contributed by atoms with van der Waals surface area (Å²) in [4.78, 5) is 18.2. The molecule has 4 heteroatoms. The maximum absolute atomic E-state index is 12.2. The van der Waals surface area contributed by atoms with Gasteiger partial charge in [-0.3, -0.25) is 9.69 Å². The van der Waals surface area contributed by atoms with Crippen molar-refractivity contribution in [3.63, 3.8) is 0 Å². The number of benzene rings is 1. The fourth-order valence-electron chi connectivity index (χ4n) is 4.10. The van der Waals surface area contributed by atoms with Gasteiger partial charge in [-0.1, -0.05) is 18.2 Å². The zero-order chi connectivity index (χ0) is 14.4. The Morgan fingerprint density at radius 3 is 3.05 bits per heavy atom. The van der Waals surface area contributed by atoms with Gasteiger partial charge in [0.05, 0.1) is 19.1 Å². The minimum absolute atomic E-state index is 0.0455. The molecule has 0 unspecified atom stereocenters. The number of aromatic nitrogens is 1. The second-order valence-corrected chi connectivity index (χ2v) is 6.07. The molecule has 1 saturated heterocycles. The number of carbonyl (C=O) groups is 1. The summed E-state index contributed by atoms with van der Waals surface area (Å²) in [5.41, 5.74) is 3.80. The minimum atomic E-state index is -0.0730. The molecule has 110 valence electrons. The van der Waals surface area contributed by atoms with Gasteiger partial charge in [0.2, 0.25) is 0 Å². The third kappa shape index (κ3) is 1.89. The first-order valence-corrected chi connectivity index (χ1v) is 7.71. The van der Waals surface area contributed by atoms with E-state index in [4.69, 9.17) is 4.74 Å². The van der Waals surface area contributed by atoms with E-state index in [2.05, 4.69) is 34.1 Å². The van der Waals surface area contributed by atoms with Gasteiger partial charge >= 0.3 is 5.97 Å². The van der Waals surface area contributed by atoms with Crippen LogP contribution < -0.4 is 0 Å². The fourth-order valence-corrected chi connectivity index (χ4v) is 4.10. The van der Waals surface area contributed by atoms with E-state index in [1.807, 2.05) is 0 Å². The van der Waals surface area contributed by atoms with Crippen LogP contribution in [0.4, 0.5) is 0 Å². The van der Waals surface area contributed by atoms with E-state index in [9.17, 15) is 4.79 Å². The summed E-state index contributed by atoms with van der Waals surface area (Å²) in [7, 11) is 1.50. The number of hydrogen-bond acceptors (Lipinski definition) is 3. The van der Waals surface area contributed by atoms with E-state index >= 15 is 0 Å². The number of para-hydroxylation sites is 1. The van der Waals surface area contributed by atoms with Gasteiger partial charge < -0.3 is 9.72 Å². The highest BCUT2D eigenvalue weighted by atomic mass is 16.5. The summed E-state index contributed by atoms with van der Waals surface area (Å²) in [6, 6.07) is 8.59. The molecule has 1 aromatic heterocycles. The number of hydrogen-bond donors (Lipinski definition) is 1. The maximum atomic E-state index is 12.2. The Bertz CT molecular complexity index is 691. The SMILES string of the molecule is COC(=O)[C@H]1CCCN2CCc3c([nH]c4ccccc34)[C@@H]12. The Morgan fingerprint density at radius 2 is 2.19 bits per heavy atom. The van der Waals surface area contributed by atoms with Crippen LogP contribution >= 0.6 is 0 Å². The number of fused-ring (bicyclic) bond motifs is 5. The van der Waals surface area contributed by atoms with E-state index in [0.29, 0.717) is 0 Å². The molecule has 0 aliphatic carbocycles. The molecule has 21 heavy (non-hydrogen) atoms. The molecule has 2 aromatic rings. The van der Waals surface area contributed by atoms with E-state index in [-0.39, 0.29) is 17.9 Å². The van der Waals surface area contributed by atoms with Crippen molar-refractivity contribution in [2.75, 3.05) is 20.2 Å². The lowest BCUT2D eigenvalue weighted by molar-refractivity contribution is -0.150. The zero-order valence-electron chi connectivity index (χ0n) is 12.3. The molecule has 0 spiro atoms. The van der Waals surface area contributed by atoms with Crippen LogP contribution in [0.25, 0.3) is 10.9 Å². The highest BCUT2D eigenvalue weighted by Gasteiger charge is 2.41. The summed E-state index contributed by atoms with van der Waals surface area (Å²) in [5, 5.41) is 1.31. The number of esters is 1. The fraction of sp³-hybridized carbons (Fsp3) is 0.471. The highest BCUT2D eigenvalue weighted by molar-refractivity contribution is 5.85. The van der Waals surface area contributed by atoms with Gasteiger partial charge in [-0.2, -0.15) is 0 Å². The monoisotopic (exact) mass is 284 g/mol. The van der Waals surface area contributed by atoms with Gasteiger partial charge in [-0.15, -0.1) is 0 Å². The first kappa shape index (κ1) is 12.9. The van der Waals surface area contributed by atoms with E-state index in [1.165, 1.54) is 29.3 Å². The summed E-state index contributed by atoms with van der Waals surface area (Å²) >= 11 is 0. The molecular weight excluding hydrogens is 264 g/mol. The van der Waals surface area contributed by atoms with Crippen LogP contribution in [-0.4, -0.2) is 36.1 Å². The smallest absolute Gasteiger partial charge is 0.310 e. The standard InChI is InChI=1S/C17H20N2O2/c1-21-17(20)13-6-4-9-19-10-8-12-11-5-2-3-7-14(11)18-15(12)16(13)19/h2-3,5,7,13,16,18H,4,6,8-10H2,1H3/t13-,16+/m0/s1. The molecule has 0 bridgehead atoms. The first-order chi connectivity index (χ1) is 10.3. The number of piperidine rings is 1. The molecule has 1 aromatic carbocycles. The number of H-pyrrole nitrogens is 1. The van der Waals surface area contributed by atoms with Crippen molar-refractivity contribution in [2.45, 2.75) is 25.3 Å². The van der Waals surface area contributed by atoms with Crippen LogP contribution in [0, 0.1) is 5.92 Å². The van der Waals surface area contributed by atoms with Gasteiger partial charge in [0.15, 0.2) is 0 Å². The maximum Gasteiger partial charge on any atom is 0.310 e. The van der Waals surface area contributed by atoms with Crippen LogP contribution in [0.1, 0.15) is 30.1 Å². The number of carbonyl (C=O) groups excluding carboxylic acids is 1. The van der Waals surface area contributed by atoms with E-state index in [0.717, 1.165) is 32.4 Å². The molecule has 1 N–H and O–H groups in total. The average Bonchev–Trinajstić information content (AvgIpc) is 2.92.